The van der Waals surface area contributed by atoms with Gasteiger partial charge in [0.25, 0.3) is 0 Å². The van der Waals surface area contributed by atoms with Crippen molar-refractivity contribution in [2.24, 2.45) is 0 Å². The van der Waals surface area contributed by atoms with Gasteiger partial charge in [-0.1, -0.05) is 23.7 Å². The minimum Gasteiger partial charge on any atom is -0.495 e. The Morgan fingerprint density at radius 3 is 2.37 bits per heavy atom. The Bertz CT molecular complexity index is 844. The number of methoxy groups -OCH3 is 2. The Kier molecular flexibility index (Phi) is 7.12. The van der Waals surface area contributed by atoms with Crippen LogP contribution in [-0.4, -0.2) is 32.1 Å². The Labute approximate surface area is 160 Å². The number of hydrogen-bond donors (Lipinski definition) is 1. The number of rotatable bonds is 7. The third kappa shape index (κ3) is 5.65. The van der Waals surface area contributed by atoms with E-state index in [1.54, 1.807) is 18.2 Å². The second-order valence-electron chi connectivity index (χ2n) is 5.74. The summed E-state index contributed by atoms with van der Waals surface area (Å²) in [5.74, 6) is -2.73. The summed E-state index contributed by atoms with van der Waals surface area (Å²) in [5.41, 5.74) is 0.965. The first-order chi connectivity index (χ1) is 12.8. The van der Waals surface area contributed by atoms with E-state index in [1.807, 2.05) is 0 Å². The predicted molar refractivity (Wildman–Crippen MR) is 95.7 cm³/mol. The van der Waals surface area contributed by atoms with Crippen molar-refractivity contribution in [3.63, 3.8) is 0 Å². The maximum absolute atomic E-state index is 13.3. The minimum atomic E-state index is -1.04. The normalized spacial score (nSPS) is 11.6. The molecule has 0 fully saturated rings. The van der Waals surface area contributed by atoms with E-state index in [1.165, 1.54) is 20.3 Å². The lowest BCUT2D eigenvalue weighted by Crippen LogP contribution is -2.43. The molecule has 1 atom stereocenters. The van der Waals surface area contributed by atoms with Gasteiger partial charge in [0, 0.05) is 6.42 Å². The van der Waals surface area contributed by atoms with Gasteiger partial charge in [-0.3, -0.25) is 4.79 Å². The monoisotopic (exact) mass is 397 g/mol. The van der Waals surface area contributed by atoms with Crippen LogP contribution in [0.5, 0.6) is 5.75 Å². The smallest absolute Gasteiger partial charge is 0.328 e. The average Bonchev–Trinajstić information content (AvgIpc) is 2.63. The van der Waals surface area contributed by atoms with Crippen molar-refractivity contribution in [2.75, 3.05) is 14.2 Å². The van der Waals surface area contributed by atoms with Crippen LogP contribution in [0.25, 0.3) is 0 Å². The van der Waals surface area contributed by atoms with Gasteiger partial charge in [-0.15, -0.1) is 0 Å². The van der Waals surface area contributed by atoms with Gasteiger partial charge in [-0.2, -0.15) is 0 Å². The van der Waals surface area contributed by atoms with Gasteiger partial charge < -0.3 is 14.8 Å². The van der Waals surface area contributed by atoms with E-state index in [0.717, 1.165) is 12.1 Å². The van der Waals surface area contributed by atoms with E-state index in [0.29, 0.717) is 16.3 Å². The van der Waals surface area contributed by atoms with Crippen molar-refractivity contribution in [1.82, 2.24) is 5.32 Å². The molecule has 0 aliphatic heterocycles. The Morgan fingerprint density at radius 1 is 1.07 bits per heavy atom. The standard InChI is InChI=1S/C19H18ClF2NO4/c1-26-17-6-4-11(7-13(17)20)9-16(19(25)27-2)23-18(24)10-12-3-5-14(21)15(22)8-12/h3-8,16H,9-10H2,1-2H3,(H,23,24)/t16-/m1/s1. The molecule has 2 aromatic rings. The first-order valence-corrected chi connectivity index (χ1v) is 8.35. The molecule has 0 saturated carbocycles. The number of esters is 1. The molecule has 27 heavy (non-hydrogen) atoms. The van der Waals surface area contributed by atoms with Gasteiger partial charge >= 0.3 is 5.97 Å². The molecule has 0 saturated heterocycles. The van der Waals surface area contributed by atoms with Crippen LogP contribution in [0.1, 0.15) is 11.1 Å². The molecule has 0 radical (unpaired) electrons. The second kappa shape index (κ2) is 9.32. The maximum Gasteiger partial charge on any atom is 0.328 e. The SMILES string of the molecule is COC(=O)[C@@H](Cc1ccc(OC)c(Cl)c1)NC(=O)Cc1ccc(F)c(F)c1. The molecule has 8 heteroatoms. The third-order valence-electron chi connectivity index (χ3n) is 3.83. The average molecular weight is 398 g/mol. The van der Waals surface area contributed by atoms with Gasteiger partial charge in [0.2, 0.25) is 5.91 Å². The highest BCUT2D eigenvalue weighted by atomic mass is 35.5. The van der Waals surface area contributed by atoms with E-state index in [4.69, 9.17) is 21.1 Å². The molecule has 5 nitrogen and oxygen atoms in total. The fraction of sp³-hybridized carbons (Fsp3) is 0.263. The minimum absolute atomic E-state index is 0.139. The number of halogens is 3. The molecule has 0 heterocycles. The zero-order chi connectivity index (χ0) is 20.0. The van der Waals surface area contributed by atoms with E-state index >= 15 is 0 Å². The summed E-state index contributed by atoms with van der Waals surface area (Å²) < 4.78 is 36.0. The summed E-state index contributed by atoms with van der Waals surface area (Å²) in [4.78, 5) is 24.2. The van der Waals surface area contributed by atoms with Crippen LogP contribution in [0.4, 0.5) is 8.78 Å². The van der Waals surface area contributed by atoms with Gasteiger partial charge in [-0.25, -0.2) is 13.6 Å². The van der Waals surface area contributed by atoms with Gasteiger partial charge in [0.15, 0.2) is 11.6 Å². The van der Waals surface area contributed by atoms with Crippen molar-refractivity contribution >= 4 is 23.5 Å². The highest BCUT2D eigenvalue weighted by molar-refractivity contribution is 6.32. The third-order valence-corrected chi connectivity index (χ3v) is 4.12. The van der Waals surface area contributed by atoms with Gasteiger partial charge in [0.05, 0.1) is 25.7 Å². The molecule has 1 amide bonds. The van der Waals surface area contributed by atoms with Crippen LogP contribution in [0.3, 0.4) is 0 Å². The van der Waals surface area contributed by atoms with Gasteiger partial charge in [-0.05, 0) is 35.4 Å². The Morgan fingerprint density at radius 2 is 1.78 bits per heavy atom. The molecule has 0 unspecified atom stereocenters. The number of benzene rings is 2. The summed E-state index contributed by atoms with van der Waals surface area (Å²) in [5, 5.41) is 2.91. The van der Waals surface area contributed by atoms with Crippen molar-refractivity contribution in [3.8, 4) is 5.75 Å². The number of carbonyl (C=O) groups excluding carboxylic acids is 2. The molecule has 1 N–H and O–H groups in total. The molecule has 2 rings (SSSR count). The van der Waals surface area contributed by atoms with E-state index in [-0.39, 0.29) is 18.4 Å². The first-order valence-electron chi connectivity index (χ1n) is 7.97. The van der Waals surface area contributed by atoms with Crippen molar-refractivity contribution in [3.05, 3.63) is 64.2 Å². The first kappa shape index (κ1) is 20.6. The van der Waals surface area contributed by atoms with Crippen LogP contribution < -0.4 is 10.1 Å². The summed E-state index contributed by atoms with van der Waals surface area (Å²) in [6.45, 7) is 0. The molecular formula is C19H18ClF2NO4. The number of carbonyl (C=O) groups is 2. The van der Waals surface area contributed by atoms with E-state index in [9.17, 15) is 18.4 Å². The van der Waals surface area contributed by atoms with Crippen molar-refractivity contribution < 1.29 is 27.8 Å². The van der Waals surface area contributed by atoms with Crippen molar-refractivity contribution in [1.29, 1.82) is 0 Å². The predicted octanol–water partition coefficient (Wildman–Crippen LogP) is 3.07. The highest BCUT2D eigenvalue weighted by Crippen LogP contribution is 2.25. The van der Waals surface area contributed by atoms with Crippen LogP contribution in [0.15, 0.2) is 36.4 Å². The summed E-state index contributed by atoms with van der Waals surface area (Å²) >= 11 is 6.07. The van der Waals surface area contributed by atoms with Gasteiger partial charge in [0.1, 0.15) is 11.8 Å². The lowest BCUT2D eigenvalue weighted by molar-refractivity contribution is -0.145. The zero-order valence-electron chi connectivity index (χ0n) is 14.7. The topological polar surface area (TPSA) is 64.6 Å². The molecule has 144 valence electrons. The van der Waals surface area contributed by atoms with Crippen LogP contribution in [0.2, 0.25) is 5.02 Å². The quantitative estimate of drug-likeness (QED) is 0.729. The Balaban J connectivity index is 2.09. The zero-order valence-corrected chi connectivity index (χ0v) is 15.5. The molecule has 0 bridgehead atoms. The largest absolute Gasteiger partial charge is 0.495 e. The van der Waals surface area contributed by atoms with Crippen molar-refractivity contribution in [2.45, 2.75) is 18.9 Å². The molecule has 0 aliphatic carbocycles. The maximum atomic E-state index is 13.3. The lowest BCUT2D eigenvalue weighted by Gasteiger charge is -2.17. The van der Waals surface area contributed by atoms with Crippen LogP contribution in [0, 0.1) is 11.6 Å². The van der Waals surface area contributed by atoms with E-state index < -0.39 is 29.6 Å². The molecule has 2 aromatic carbocycles. The van der Waals surface area contributed by atoms with Crippen LogP contribution >= 0.6 is 11.6 Å². The summed E-state index contributed by atoms with van der Waals surface area (Å²) in [6.07, 6.45) is -0.0754. The second-order valence-corrected chi connectivity index (χ2v) is 6.15. The number of nitrogens with one attached hydrogen (secondary N) is 1. The molecule has 0 aromatic heterocycles. The number of ether oxygens (including phenoxy) is 2. The molecule has 0 spiro atoms. The van der Waals surface area contributed by atoms with Crippen LogP contribution in [-0.2, 0) is 27.2 Å². The molecular weight excluding hydrogens is 380 g/mol. The number of hydrogen-bond acceptors (Lipinski definition) is 4. The fourth-order valence-electron chi connectivity index (χ4n) is 2.49. The number of amides is 1. The Hall–Kier alpha value is -2.67. The summed E-state index contributed by atoms with van der Waals surface area (Å²) in [6, 6.07) is 7.20. The highest BCUT2D eigenvalue weighted by Gasteiger charge is 2.22. The summed E-state index contributed by atoms with van der Waals surface area (Å²) in [7, 11) is 2.69. The fourth-order valence-corrected chi connectivity index (χ4v) is 2.77. The lowest BCUT2D eigenvalue weighted by atomic mass is 10.0. The van der Waals surface area contributed by atoms with E-state index in [2.05, 4.69) is 5.32 Å². The molecule has 0 aliphatic rings.